The minimum atomic E-state index is -1.41. The van der Waals surface area contributed by atoms with E-state index in [9.17, 15) is 13.8 Å². The Bertz CT molecular complexity index is 609. The fourth-order valence-corrected chi connectivity index (χ4v) is 3.71. The molecule has 0 bridgehead atoms. The van der Waals surface area contributed by atoms with Gasteiger partial charge < -0.3 is 9.64 Å². The normalized spacial score (nSPS) is 19.6. The van der Waals surface area contributed by atoms with E-state index in [1.807, 2.05) is 26.8 Å². The third kappa shape index (κ3) is 5.16. The van der Waals surface area contributed by atoms with Crippen LogP contribution in [-0.2, 0) is 25.1 Å². The Hall–Kier alpha value is -1.69. The van der Waals surface area contributed by atoms with Crippen molar-refractivity contribution in [3.63, 3.8) is 0 Å². The molecule has 24 heavy (non-hydrogen) atoms. The fourth-order valence-electron chi connectivity index (χ4n) is 2.70. The van der Waals surface area contributed by atoms with Crippen LogP contribution in [0.2, 0.25) is 0 Å². The van der Waals surface area contributed by atoms with Gasteiger partial charge in [-0.05, 0) is 52.2 Å². The van der Waals surface area contributed by atoms with Gasteiger partial charge in [-0.15, -0.1) is 0 Å². The first kappa shape index (κ1) is 18.6. The lowest BCUT2D eigenvalue weighted by Gasteiger charge is -2.35. The molecule has 1 aliphatic heterocycles. The molecule has 2 rings (SSSR count). The molecule has 6 heteroatoms. The van der Waals surface area contributed by atoms with Crippen LogP contribution in [0, 0.1) is 0 Å². The number of rotatable bonds is 4. The lowest BCUT2D eigenvalue weighted by atomic mass is 10.0. The molecule has 5 nitrogen and oxygen atoms in total. The second-order valence-electron chi connectivity index (χ2n) is 6.94. The van der Waals surface area contributed by atoms with Crippen molar-refractivity contribution in [2.75, 3.05) is 12.3 Å². The average molecular weight is 351 g/mol. The van der Waals surface area contributed by atoms with Crippen LogP contribution in [-0.4, -0.2) is 44.9 Å². The predicted octanol–water partition coefficient (Wildman–Crippen LogP) is 2.52. The molecule has 1 unspecified atom stereocenters. The maximum atomic E-state index is 12.6. The van der Waals surface area contributed by atoms with Crippen LogP contribution in [0.3, 0.4) is 0 Å². The first-order chi connectivity index (χ1) is 11.3. The first-order valence-corrected chi connectivity index (χ1v) is 9.55. The highest BCUT2D eigenvalue weighted by Gasteiger charge is 2.35. The summed E-state index contributed by atoms with van der Waals surface area (Å²) in [5.41, 5.74) is -0.587. The molecular formula is C18H25NO4S. The van der Waals surface area contributed by atoms with Crippen LogP contribution in [0.4, 0.5) is 0 Å². The van der Waals surface area contributed by atoms with Crippen molar-refractivity contribution in [2.24, 2.45) is 0 Å². The largest absolute Gasteiger partial charge is 0.458 e. The standard InChI is InChI=1S/C18H25NO4S/c1-18(2,3)23-17(21)15-11-7-8-12-19(15)16(20)13-24(22)14-9-5-4-6-10-14/h4-6,9-10,15H,7-8,11-13H2,1-3H3/t15-,24?/m0/s1. The van der Waals surface area contributed by atoms with Gasteiger partial charge in [-0.25, -0.2) is 4.79 Å². The zero-order chi connectivity index (χ0) is 17.7. The van der Waals surface area contributed by atoms with Gasteiger partial charge in [0.15, 0.2) is 0 Å². The van der Waals surface area contributed by atoms with Crippen LogP contribution in [0.5, 0.6) is 0 Å². The molecule has 1 heterocycles. The van der Waals surface area contributed by atoms with Crippen LogP contribution in [0.25, 0.3) is 0 Å². The summed E-state index contributed by atoms with van der Waals surface area (Å²) in [6.45, 7) is 5.94. The number of carbonyl (C=O) groups excluding carboxylic acids is 2. The van der Waals surface area contributed by atoms with E-state index in [4.69, 9.17) is 4.74 Å². The van der Waals surface area contributed by atoms with Crippen molar-refractivity contribution in [3.8, 4) is 0 Å². The number of likely N-dealkylation sites (tertiary alicyclic amines) is 1. The molecule has 1 aromatic carbocycles. The van der Waals surface area contributed by atoms with Gasteiger partial charge in [0.25, 0.3) is 0 Å². The van der Waals surface area contributed by atoms with Gasteiger partial charge in [-0.3, -0.25) is 9.00 Å². The smallest absolute Gasteiger partial charge is 0.329 e. The molecule has 132 valence electrons. The van der Waals surface area contributed by atoms with E-state index in [0.29, 0.717) is 17.9 Å². The molecular weight excluding hydrogens is 326 g/mol. The number of ether oxygens (including phenoxy) is 1. The molecule has 1 amide bonds. The highest BCUT2D eigenvalue weighted by molar-refractivity contribution is 7.85. The molecule has 0 saturated carbocycles. The number of amides is 1. The molecule has 0 N–H and O–H groups in total. The maximum absolute atomic E-state index is 12.6. The van der Waals surface area contributed by atoms with E-state index in [2.05, 4.69) is 0 Å². The summed E-state index contributed by atoms with van der Waals surface area (Å²) in [6, 6.07) is 8.34. The van der Waals surface area contributed by atoms with E-state index in [0.717, 1.165) is 12.8 Å². The molecule has 1 fully saturated rings. The van der Waals surface area contributed by atoms with Crippen LogP contribution in [0.15, 0.2) is 35.2 Å². The van der Waals surface area contributed by atoms with Crippen molar-refractivity contribution in [2.45, 2.75) is 56.6 Å². The summed E-state index contributed by atoms with van der Waals surface area (Å²) in [5.74, 6) is -0.739. The molecule has 1 aromatic rings. The summed E-state index contributed by atoms with van der Waals surface area (Å²) in [6.07, 6.45) is 2.33. The third-order valence-electron chi connectivity index (χ3n) is 3.76. The second kappa shape index (κ2) is 7.92. The summed E-state index contributed by atoms with van der Waals surface area (Å²) < 4.78 is 17.8. The van der Waals surface area contributed by atoms with Crippen LogP contribution in [0.1, 0.15) is 40.0 Å². The summed E-state index contributed by atoms with van der Waals surface area (Å²) in [7, 11) is -1.41. The summed E-state index contributed by atoms with van der Waals surface area (Å²) in [4.78, 5) is 27.1. The number of benzene rings is 1. The number of nitrogens with zero attached hydrogens (tertiary/aromatic N) is 1. The van der Waals surface area contributed by atoms with Gasteiger partial charge in [0, 0.05) is 11.4 Å². The first-order valence-electron chi connectivity index (χ1n) is 8.24. The Morgan fingerprint density at radius 2 is 1.88 bits per heavy atom. The second-order valence-corrected chi connectivity index (χ2v) is 8.39. The zero-order valence-electron chi connectivity index (χ0n) is 14.5. The van der Waals surface area contributed by atoms with Crippen molar-refractivity contribution >= 4 is 22.7 Å². The van der Waals surface area contributed by atoms with Crippen molar-refractivity contribution in [3.05, 3.63) is 30.3 Å². The molecule has 1 saturated heterocycles. The molecule has 0 aliphatic carbocycles. The minimum Gasteiger partial charge on any atom is -0.458 e. The number of carbonyl (C=O) groups is 2. The number of hydrogen-bond donors (Lipinski definition) is 0. The Kier molecular flexibility index (Phi) is 6.15. The van der Waals surface area contributed by atoms with Crippen LogP contribution >= 0.6 is 0 Å². The van der Waals surface area contributed by atoms with Gasteiger partial charge in [-0.1, -0.05) is 18.2 Å². The van der Waals surface area contributed by atoms with E-state index >= 15 is 0 Å². The summed E-state index contributed by atoms with van der Waals surface area (Å²) in [5, 5.41) is 0. The van der Waals surface area contributed by atoms with Gasteiger partial charge in [0.1, 0.15) is 17.4 Å². The van der Waals surface area contributed by atoms with E-state index in [1.165, 1.54) is 0 Å². The van der Waals surface area contributed by atoms with Gasteiger partial charge in [0.05, 0.1) is 10.8 Å². The number of hydrogen-bond acceptors (Lipinski definition) is 4. The van der Waals surface area contributed by atoms with Gasteiger partial charge in [0.2, 0.25) is 5.91 Å². The van der Waals surface area contributed by atoms with Crippen LogP contribution < -0.4 is 0 Å². The fraction of sp³-hybridized carbons (Fsp3) is 0.556. The maximum Gasteiger partial charge on any atom is 0.329 e. The minimum absolute atomic E-state index is 0.108. The summed E-state index contributed by atoms with van der Waals surface area (Å²) >= 11 is 0. The predicted molar refractivity (Wildman–Crippen MR) is 92.9 cm³/mol. The van der Waals surface area contributed by atoms with E-state index < -0.39 is 22.4 Å². The monoisotopic (exact) mass is 351 g/mol. The number of piperidine rings is 1. The SMILES string of the molecule is CC(C)(C)OC(=O)[C@@H]1CCCCN1C(=O)CS(=O)c1ccccc1. The molecule has 0 aromatic heterocycles. The average Bonchev–Trinajstić information content (AvgIpc) is 2.54. The molecule has 1 aliphatic rings. The Morgan fingerprint density at radius 1 is 1.21 bits per heavy atom. The highest BCUT2D eigenvalue weighted by atomic mass is 32.2. The quantitative estimate of drug-likeness (QED) is 0.782. The van der Waals surface area contributed by atoms with E-state index in [1.54, 1.807) is 29.2 Å². The number of esters is 1. The lowest BCUT2D eigenvalue weighted by molar-refractivity contribution is -0.166. The highest BCUT2D eigenvalue weighted by Crippen LogP contribution is 2.21. The lowest BCUT2D eigenvalue weighted by Crippen LogP contribution is -2.51. The van der Waals surface area contributed by atoms with Crippen molar-refractivity contribution < 1.29 is 18.5 Å². The van der Waals surface area contributed by atoms with Crippen molar-refractivity contribution in [1.29, 1.82) is 0 Å². The molecule has 0 radical (unpaired) electrons. The Morgan fingerprint density at radius 3 is 2.50 bits per heavy atom. The zero-order valence-corrected chi connectivity index (χ0v) is 15.3. The molecule has 2 atom stereocenters. The van der Waals surface area contributed by atoms with Crippen molar-refractivity contribution in [1.82, 2.24) is 4.90 Å². The van der Waals surface area contributed by atoms with Gasteiger partial charge >= 0.3 is 5.97 Å². The molecule has 0 spiro atoms. The van der Waals surface area contributed by atoms with E-state index in [-0.39, 0.29) is 17.6 Å². The Balaban J connectivity index is 2.05. The topological polar surface area (TPSA) is 63.7 Å². The Labute approximate surface area is 145 Å². The third-order valence-corrected chi connectivity index (χ3v) is 5.07. The van der Waals surface area contributed by atoms with Gasteiger partial charge in [-0.2, -0.15) is 0 Å².